The second-order valence-electron chi connectivity index (χ2n) is 14.1. The minimum Gasteiger partial charge on any atom is -0.456 e. The largest absolute Gasteiger partial charge is 0.456 e. The van der Waals surface area contributed by atoms with Crippen LogP contribution in [0.3, 0.4) is 0 Å². The monoisotopic (exact) mass is 688 g/mol. The van der Waals surface area contributed by atoms with Gasteiger partial charge in [0.1, 0.15) is 11.2 Å². The zero-order valence-corrected chi connectivity index (χ0v) is 29.3. The molecule has 0 unspecified atom stereocenters. The predicted octanol–water partition coefficient (Wildman–Crippen LogP) is 12.9. The predicted molar refractivity (Wildman–Crippen MR) is 220 cm³/mol. The van der Waals surface area contributed by atoms with Crippen molar-refractivity contribution in [3.63, 3.8) is 0 Å². The Morgan fingerprint density at radius 2 is 1.02 bits per heavy atom. The molecule has 2 heterocycles. The van der Waals surface area contributed by atoms with Crippen LogP contribution in [0.25, 0.3) is 77.7 Å². The normalized spacial score (nSPS) is 13.0. The molecule has 54 heavy (non-hydrogen) atoms. The van der Waals surface area contributed by atoms with E-state index in [9.17, 15) is 0 Å². The van der Waals surface area contributed by atoms with Crippen molar-refractivity contribution < 1.29 is 4.42 Å². The lowest BCUT2D eigenvalue weighted by Gasteiger charge is -2.33. The molecule has 3 nitrogen and oxygen atoms in total. The lowest BCUT2D eigenvalue weighted by atomic mass is 9.67. The smallest absolute Gasteiger partial charge is 0.160 e. The molecule has 0 fully saturated rings. The van der Waals surface area contributed by atoms with E-state index in [0.717, 1.165) is 60.8 Å². The Hall–Kier alpha value is -7.10. The Balaban J connectivity index is 1.14. The van der Waals surface area contributed by atoms with Gasteiger partial charge in [0, 0.05) is 32.8 Å². The molecular formula is C51H32N2O. The number of rotatable bonds is 5. The van der Waals surface area contributed by atoms with Gasteiger partial charge in [-0.2, -0.15) is 0 Å². The van der Waals surface area contributed by atoms with E-state index in [0.29, 0.717) is 5.82 Å². The number of furan rings is 1. The quantitative estimate of drug-likeness (QED) is 0.181. The lowest BCUT2D eigenvalue weighted by Crippen LogP contribution is -2.28. The van der Waals surface area contributed by atoms with Crippen molar-refractivity contribution in [1.29, 1.82) is 0 Å². The molecule has 0 bridgehead atoms. The minimum absolute atomic E-state index is 0.560. The van der Waals surface area contributed by atoms with E-state index in [4.69, 9.17) is 14.4 Å². The molecule has 0 saturated heterocycles. The summed E-state index contributed by atoms with van der Waals surface area (Å²) in [5.74, 6) is 0.682. The highest BCUT2D eigenvalue weighted by Gasteiger charge is 2.48. The second kappa shape index (κ2) is 12.0. The molecular weight excluding hydrogens is 657 g/mol. The zero-order chi connectivity index (χ0) is 35.6. The Bertz CT molecular complexity index is 2980. The van der Waals surface area contributed by atoms with Gasteiger partial charge < -0.3 is 4.42 Å². The van der Waals surface area contributed by atoms with Gasteiger partial charge in [-0.15, -0.1) is 0 Å². The fraction of sp³-hybridized carbons (Fsp3) is 0.0196. The van der Waals surface area contributed by atoms with Gasteiger partial charge in [-0.3, -0.25) is 0 Å². The van der Waals surface area contributed by atoms with E-state index in [1.807, 2.05) is 12.1 Å². The first-order valence-electron chi connectivity index (χ1n) is 18.4. The summed E-state index contributed by atoms with van der Waals surface area (Å²) < 4.78 is 6.99. The lowest BCUT2D eigenvalue weighted by molar-refractivity contribution is 0.650. The average molecular weight is 689 g/mol. The number of hydrogen-bond acceptors (Lipinski definition) is 3. The van der Waals surface area contributed by atoms with Crippen LogP contribution in [0.2, 0.25) is 0 Å². The van der Waals surface area contributed by atoms with Gasteiger partial charge in [-0.1, -0.05) is 158 Å². The maximum Gasteiger partial charge on any atom is 0.160 e. The average Bonchev–Trinajstić information content (AvgIpc) is 3.78. The van der Waals surface area contributed by atoms with Crippen LogP contribution in [-0.4, -0.2) is 9.97 Å². The van der Waals surface area contributed by atoms with Crippen molar-refractivity contribution >= 4 is 32.8 Å². The molecule has 0 saturated carbocycles. The van der Waals surface area contributed by atoms with Crippen LogP contribution < -0.4 is 0 Å². The van der Waals surface area contributed by atoms with Crippen molar-refractivity contribution in [2.75, 3.05) is 0 Å². The van der Waals surface area contributed by atoms with Gasteiger partial charge in [-0.05, 0) is 75.3 Å². The molecule has 252 valence electrons. The van der Waals surface area contributed by atoms with E-state index in [1.165, 1.54) is 33.4 Å². The number of benzene rings is 8. The molecule has 0 atom stereocenters. The number of nitrogens with zero attached hydrogens (tertiary/aromatic N) is 2. The first-order chi connectivity index (χ1) is 26.8. The van der Waals surface area contributed by atoms with Crippen LogP contribution in [0.5, 0.6) is 0 Å². The summed E-state index contributed by atoms with van der Waals surface area (Å²) in [5, 5.41) is 3.14. The van der Waals surface area contributed by atoms with Crippen LogP contribution in [0.4, 0.5) is 0 Å². The zero-order valence-electron chi connectivity index (χ0n) is 29.3. The fourth-order valence-corrected chi connectivity index (χ4v) is 8.78. The van der Waals surface area contributed by atoms with Crippen LogP contribution in [0.15, 0.2) is 199 Å². The third kappa shape index (κ3) is 4.49. The number of aromatic nitrogens is 2. The maximum absolute atomic E-state index is 6.99. The van der Waals surface area contributed by atoms with Gasteiger partial charge in [0.25, 0.3) is 0 Å². The van der Waals surface area contributed by atoms with Crippen molar-refractivity contribution in [2.45, 2.75) is 5.41 Å². The third-order valence-corrected chi connectivity index (χ3v) is 11.2. The highest BCUT2D eigenvalue weighted by Crippen LogP contribution is 2.58. The van der Waals surface area contributed by atoms with E-state index in [1.54, 1.807) is 0 Å². The number of fused-ring (bicyclic) bond motifs is 8. The molecule has 0 radical (unpaired) electrons. The van der Waals surface area contributed by atoms with Gasteiger partial charge in [0.2, 0.25) is 0 Å². The van der Waals surface area contributed by atoms with Crippen LogP contribution in [0.1, 0.15) is 22.3 Å². The molecule has 0 N–H and O–H groups in total. The highest BCUT2D eigenvalue weighted by molar-refractivity contribution is 6.11. The standard InChI is InChI=1S/C51H32N2O/c1-5-15-33(16-6-1)35-25-29-45-43(31-35)48(34-17-7-2-8-18-34)53-50(52-45)36-26-30-46-42(32-36)41-28-27-40-39-23-13-14-24-44(39)51(47(40)49(41)54-46,37-19-9-3-10-20-37)38-21-11-4-12-22-38/h1-32H. The summed E-state index contributed by atoms with van der Waals surface area (Å²) in [5.41, 5.74) is 14.6. The van der Waals surface area contributed by atoms with Gasteiger partial charge in [0.15, 0.2) is 5.82 Å². The Kier molecular flexibility index (Phi) is 6.77. The van der Waals surface area contributed by atoms with E-state index >= 15 is 0 Å². The van der Waals surface area contributed by atoms with Crippen molar-refractivity contribution in [1.82, 2.24) is 9.97 Å². The van der Waals surface area contributed by atoms with Crippen LogP contribution in [0, 0.1) is 0 Å². The molecule has 1 aliphatic rings. The molecule has 11 rings (SSSR count). The van der Waals surface area contributed by atoms with Gasteiger partial charge in [0.05, 0.1) is 16.6 Å². The third-order valence-electron chi connectivity index (χ3n) is 11.2. The molecule has 1 aliphatic carbocycles. The molecule has 10 aromatic rings. The van der Waals surface area contributed by atoms with Gasteiger partial charge in [-0.25, -0.2) is 9.97 Å². The fourth-order valence-electron chi connectivity index (χ4n) is 8.78. The molecule has 0 spiro atoms. The van der Waals surface area contributed by atoms with Gasteiger partial charge >= 0.3 is 0 Å². The molecule has 2 aromatic heterocycles. The van der Waals surface area contributed by atoms with E-state index in [-0.39, 0.29) is 0 Å². The second-order valence-corrected chi connectivity index (χ2v) is 14.1. The molecule has 0 aliphatic heterocycles. The Labute approximate surface area is 312 Å². The van der Waals surface area contributed by atoms with Crippen molar-refractivity contribution in [3.05, 3.63) is 216 Å². The van der Waals surface area contributed by atoms with Crippen LogP contribution >= 0.6 is 0 Å². The summed E-state index contributed by atoms with van der Waals surface area (Å²) in [7, 11) is 0. The topological polar surface area (TPSA) is 38.9 Å². The summed E-state index contributed by atoms with van der Waals surface area (Å²) in [6.07, 6.45) is 0. The van der Waals surface area contributed by atoms with Crippen LogP contribution in [-0.2, 0) is 5.41 Å². The van der Waals surface area contributed by atoms with E-state index < -0.39 is 5.41 Å². The Morgan fingerprint density at radius 1 is 0.407 bits per heavy atom. The van der Waals surface area contributed by atoms with Crippen molar-refractivity contribution in [2.24, 2.45) is 0 Å². The highest BCUT2D eigenvalue weighted by atomic mass is 16.3. The molecule has 0 amide bonds. The minimum atomic E-state index is -0.560. The molecule has 3 heteroatoms. The van der Waals surface area contributed by atoms with E-state index in [2.05, 4.69) is 182 Å². The summed E-state index contributed by atoms with van der Waals surface area (Å²) in [6.45, 7) is 0. The van der Waals surface area contributed by atoms with Crippen molar-refractivity contribution in [3.8, 4) is 44.9 Å². The first-order valence-corrected chi connectivity index (χ1v) is 18.4. The Morgan fingerprint density at radius 3 is 1.74 bits per heavy atom. The maximum atomic E-state index is 6.99. The SMILES string of the molecule is c1ccc(-c2ccc3nc(-c4ccc5oc6c7c(ccc6c5c4)-c4ccccc4C7(c4ccccc4)c4ccccc4)nc(-c4ccccc4)c3c2)cc1. The molecule has 8 aromatic carbocycles. The number of hydrogen-bond donors (Lipinski definition) is 0. The summed E-state index contributed by atoms with van der Waals surface area (Å²) in [6, 6.07) is 68.9. The first kappa shape index (κ1) is 30.5. The summed E-state index contributed by atoms with van der Waals surface area (Å²) >= 11 is 0. The summed E-state index contributed by atoms with van der Waals surface area (Å²) in [4.78, 5) is 10.5.